The van der Waals surface area contributed by atoms with Gasteiger partial charge in [-0.05, 0) is 43.7 Å². The summed E-state index contributed by atoms with van der Waals surface area (Å²) in [5.74, 6) is 0.347. The molecule has 0 unspecified atom stereocenters. The van der Waals surface area contributed by atoms with Gasteiger partial charge in [-0.3, -0.25) is 9.78 Å². The van der Waals surface area contributed by atoms with E-state index in [9.17, 15) is 4.79 Å². The largest absolute Gasteiger partial charge is 0.349 e. The molecule has 1 N–H and O–H groups in total. The van der Waals surface area contributed by atoms with Gasteiger partial charge in [0.15, 0.2) is 0 Å². The van der Waals surface area contributed by atoms with Crippen molar-refractivity contribution in [2.24, 2.45) is 0 Å². The number of carbonyl (C=O) groups is 1. The second-order valence-electron chi connectivity index (χ2n) is 5.86. The van der Waals surface area contributed by atoms with Gasteiger partial charge in [-0.2, -0.15) is 0 Å². The fourth-order valence-electron chi connectivity index (χ4n) is 2.60. The zero-order valence-electron chi connectivity index (χ0n) is 14.9. The van der Waals surface area contributed by atoms with Crippen molar-refractivity contribution in [3.8, 4) is 0 Å². The van der Waals surface area contributed by atoms with Gasteiger partial charge in [0.2, 0.25) is 5.95 Å². The Balaban J connectivity index is 1.69. The highest BCUT2D eigenvalue weighted by atomic mass is 16.2. The molecule has 3 aromatic rings. The molecule has 0 spiro atoms. The summed E-state index contributed by atoms with van der Waals surface area (Å²) < 4.78 is 0. The molecular weight excluding hydrogens is 326 g/mol. The number of anilines is 2. The Bertz CT molecular complexity index is 865. The quantitative estimate of drug-likeness (QED) is 0.739. The van der Waals surface area contributed by atoms with E-state index in [0.717, 1.165) is 16.9 Å². The van der Waals surface area contributed by atoms with E-state index in [-0.39, 0.29) is 5.91 Å². The van der Waals surface area contributed by atoms with Crippen LogP contribution in [0, 0.1) is 6.92 Å². The summed E-state index contributed by atoms with van der Waals surface area (Å²) in [7, 11) is 0. The Kier molecular flexibility index (Phi) is 5.53. The standard InChI is InChI=1S/C20H21N5O/c1-3-25(18-9-6-7-15(2)11-18)19(26)16-12-22-20(23-13-16)24-14-17-8-4-5-10-21-17/h4-13H,3,14H2,1-2H3,(H,22,23,24). The van der Waals surface area contributed by atoms with Gasteiger partial charge in [0.25, 0.3) is 5.91 Å². The van der Waals surface area contributed by atoms with E-state index in [0.29, 0.717) is 24.6 Å². The van der Waals surface area contributed by atoms with Crippen molar-refractivity contribution in [1.29, 1.82) is 0 Å². The monoisotopic (exact) mass is 347 g/mol. The van der Waals surface area contributed by atoms with Crippen LogP contribution in [-0.2, 0) is 6.54 Å². The number of nitrogens with one attached hydrogen (secondary N) is 1. The van der Waals surface area contributed by atoms with Crippen molar-refractivity contribution in [2.75, 3.05) is 16.8 Å². The van der Waals surface area contributed by atoms with Crippen molar-refractivity contribution in [2.45, 2.75) is 20.4 Å². The van der Waals surface area contributed by atoms with Gasteiger partial charge in [-0.1, -0.05) is 18.2 Å². The average molecular weight is 347 g/mol. The molecule has 3 rings (SSSR count). The molecule has 1 amide bonds. The van der Waals surface area contributed by atoms with Gasteiger partial charge in [-0.25, -0.2) is 9.97 Å². The van der Waals surface area contributed by atoms with Crippen LogP contribution in [-0.4, -0.2) is 27.4 Å². The SMILES string of the molecule is CCN(C(=O)c1cnc(NCc2ccccn2)nc1)c1cccc(C)c1. The predicted octanol–water partition coefficient (Wildman–Crippen LogP) is 3.46. The first kappa shape index (κ1) is 17.5. The van der Waals surface area contributed by atoms with Gasteiger partial charge in [-0.15, -0.1) is 0 Å². The topological polar surface area (TPSA) is 71.0 Å². The highest BCUT2D eigenvalue weighted by Crippen LogP contribution is 2.18. The van der Waals surface area contributed by atoms with Crippen LogP contribution in [0.15, 0.2) is 61.1 Å². The number of hydrogen-bond acceptors (Lipinski definition) is 5. The maximum absolute atomic E-state index is 12.8. The molecule has 0 bridgehead atoms. The first-order chi connectivity index (χ1) is 12.7. The molecule has 0 aliphatic carbocycles. The van der Waals surface area contributed by atoms with Crippen LogP contribution in [0.4, 0.5) is 11.6 Å². The molecule has 6 nitrogen and oxygen atoms in total. The summed E-state index contributed by atoms with van der Waals surface area (Å²) in [6.07, 6.45) is 4.84. The van der Waals surface area contributed by atoms with Gasteiger partial charge >= 0.3 is 0 Å². The Morgan fingerprint density at radius 2 is 1.88 bits per heavy atom. The minimum atomic E-state index is -0.116. The van der Waals surface area contributed by atoms with Crippen LogP contribution in [0.3, 0.4) is 0 Å². The van der Waals surface area contributed by atoms with E-state index in [1.54, 1.807) is 23.5 Å². The van der Waals surface area contributed by atoms with Gasteiger partial charge in [0, 0.05) is 30.8 Å². The number of amides is 1. The third kappa shape index (κ3) is 4.22. The Morgan fingerprint density at radius 3 is 2.54 bits per heavy atom. The first-order valence-electron chi connectivity index (χ1n) is 8.51. The van der Waals surface area contributed by atoms with Crippen molar-refractivity contribution in [3.63, 3.8) is 0 Å². The van der Waals surface area contributed by atoms with E-state index in [2.05, 4.69) is 20.3 Å². The normalized spacial score (nSPS) is 10.4. The summed E-state index contributed by atoms with van der Waals surface area (Å²) in [5, 5.41) is 3.10. The average Bonchev–Trinajstić information content (AvgIpc) is 2.68. The fourth-order valence-corrected chi connectivity index (χ4v) is 2.60. The van der Waals surface area contributed by atoms with E-state index < -0.39 is 0 Å². The minimum Gasteiger partial charge on any atom is -0.349 e. The highest BCUT2D eigenvalue weighted by Gasteiger charge is 2.17. The third-order valence-electron chi connectivity index (χ3n) is 3.93. The predicted molar refractivity (Wildman–Crippen MR) is 102 cm³/mol. The minimum absolute atomic E-state index is 0.116. The van der Waals surface area contributed by atoms with Crippen molar-refractivity contribution >= 4 is 17.5 Å². The van der Waals surface area contributed by atoms with Crippen LogP contribution in [0.25, 0.3) is 0 Å². The fraction of sp³-hybridized carbons (Fsp3) is 0.200. The smallest absolute Gasteiger partial charge is 0.261 e. The molecule has 6 heteroatoms. The zero-order chi connectivity index (χ0) is 18.4. The summed E-state index contributed by atoms with van der Waals surface area (Å²) in [6.45, 7) is 5.05. The number of benzene rings is 1. The maximum Gasteiger partial charge on any atom is 0.261 e. The molecule has 0 aliphatic heterocycles. The lowest BCUT2D eigenvalue weighted by molar-refractivity contribution is 0.0987. The van der Waals surface area contributed by atoms with Gasteiger partial charge < -0.3 is 10.2 Å². The third-order valence-corrected chi connectivity index (χ3v) is 3.93. The highest BCUT2D eigenvalue weighted by molar-refractivity contribution is 6.05. The Hall–Kier alpha value is -3.28. The van der Waals surface area contributed by atoms with E-state index in [1.165, 1.54) is 0 Å². The molecule has 0 saturated carbocycles. The molecule has 0 aliphatic rings. The number of aryl methyl sites for hydroxylation is 1. The Labute approximate surface area is 153 Å². The summed E-state index contributed by atoms with van der Waals surface area (Å²) in [6, 6.07) is 13.6. The molecule has 26 heavy (non-hydrogen) atoms. The van der Waals surface area contributed by atoms with Crippen molar-refractivity contribution < 1.29 is 4.79 Å². The van der Waals surface area contributed by atoms with Gasteiger partial charge in [0.1, 0.15) is 0 Å². The van der Waals surface area contributed by atoms with Crippen molar-refractivity contribution in [3.05, 3.63) is 77.9 Å². The van der Waals surface area contributed by atoms with Crippen LogP contribution in [0.2, 0.25) is 0 Å². The van der Waals surface area contributed by atoms with Crippen molar-refractivity contribution in [1.82, 2.24) is 15.0 Å². The molecule has 2 aromatic heterocycles. The number of rotatable bonds is 6. The molecule has 0 fully saturated rings. The van der Waals surface area contributed by atoms with Crippen LogP contribution >= 0.6 is 0 Å². The first-order valence-corrected chi connectivity index (χ1v) is 8.51. The number of aromatic nitrogens is 3. The zero-order valence-corrected chi connectivity index (χ0v) is 14.9. The van der Waals surface area contributed by atoms with Crippen LogP contribution < -0.4 is 10.2 Å². The van der Waals surface area contributed by atoms with E-state index >= 15 is 0 Å². The molecule has 0 radical (unpaired) electrons. The van der Waals surface area contributed by atoms with Crippen LogP contribution in [0.5, 0.6) is 0 Å². The van der Waals surface area contributed by atoms with E-state index in [1.807, 2.05) is 56.3 Å². The number of carbonyl (C=O) groups excluding carboxylic acids is 1. The lowest BCUT2D eigenvalue weighted by Gasteiger charge is -2.21. The number of nitrogens with zero attached hydrogens (tertiary/aromatic N) is 4. The molecule has 1 aromatic carbocycles. The second kappa shape index (κ2) is 8.20. The van der Waals surface area contributed by atoms with Crippen LogP contribution in [0.1, 0.15) is 28.5 Å². The Morgan fingerprint density at radius 1 is 1.08 bits per heavy atom. The summed E-state index contributed by atoms with van der Waals surface area (Å²) >= 11 is 0. The van der Waals surface area contributed by atoms with E-state index in [4.69, 9.17) is 0 Å². The lowest BCUT2D eigenvalue weighted by Crippen LogP contribution is -2.30. The lowest BCUT2D eigenvalue weighted by atomic mass is 10.2. The molecule has 132 valence electrons. The second-order valence-corrected chi connectivity index (χ2v) is 5.86. The number of pyridine rings is 1. The molecule has 0 saturated heterocycles. The maximum atomic E-state index is 12.8. The molecular formula is C20H21N5O. The molecule has 2 heterocycles. The number of hydrogen-bond donors (Lipinski definition) is 1. The summed E-state index contributed by atoms with van der Waals surface area (Å²) in [4.78, 5) is 27.2. The van der Waals surface area contributed by atoms with Gasteiger partial charge in [0.05, 0.1) is 17.8 Å². The summed E-state index contributed by atoms with van der Waals surface area (Å²) in [5.41, 5.74) is 3.33. The molecule has 0 atom stereocenters.